The number of benzene rings is 1. The molecule has 1 aliphatic carbocycles. The zero-order chi connectivity index (χ0) is 22.4. The minimum Gasteiger partial charge on any atom is -0.378 e. The number of likely N-dealkylation sites (tertiary alicyclic amines) is 1. The smallest absolute Gasteiger partial charge is 0.223 e. The lowest BCUT2D eigenvalue weighted by atomic mass is 10.1. The van der Waals surface area contributed by atoms with Crippen molar-refractivity contribution < 1.29 is 9.53 Å². The van der Waals surface area contributed by atoms with Gasteiger partial charge in [-0.15, -0.1) is 0 Å². The van der Waals surface area contributed by atoms with Crippen molar-refractivity contribution in [2.24, 2.45) is 10.9 Å². The number of carbonyl (C=O) groups is 1. The second kappa shape index (κ2) is 14.1. The van der Waals surface area contributed by atoms with E-state index in [2.05, 4.69) is 39.9 Å². The standard InChI is InChI=1S/C26H42N4O2/c1-27-26(28-16-9-10-18-32-24-13-7-2-3-8-14-24)29-20-23-19-25(31)30(21-23)17-15-22-11-5-4-6-12-22/h4-6,11-12,23-24H,2-3,7-10,13-21H2,1H3,(H2,27,28,29). The molecule has 1 unspecified atom stereocenters. The fourth-order valence-electron chi connectivity index (χ4n) is 4.67. The summed E-state index contributed by atoms with van der Waals surface area (Å²) in [6.07, 6.45) is 12.0. The highest BCUT2D eigenvalue weighted by Crippen LogP contribution is 2.20. The lowest BCUT2D eigenvalue weighted by molar-refractivity contribution is -0.127. The lowest BCUT2D eigenvalue weighted by Gasteiger charge is -2.18. The Balaban J connectivity index is 1.24. The summed E-state index contributed by atoms with van der Waals surface area (Å²) in [6, 6.07) is 10.4. The predicted molar refractivity (Wildman–Crippen MR) is 131 cm³/mol. The Bertz CT molecular complexity index is 686. The van der Waals surface area contributed by atoms with E-state index >= 15 is 0 Å². The van der Waals surface area contributed by atoms with Crippen LogP contribution in [0.1, 0.15) is 63.4 Å². The van der Waals surface area contributed by atoms with Crippen LogP contribution in [0.15, 0.2) is 35.3 Å². The van der Waals surface area contributed by atoms with Crippen LogP contribution >= 0.6 is 0 Å². The van der Waals surface area contributed by atoms with Crippen molar-refractivity contribution >= 4 is 11.9 Å². The van der Waals surface area contributed by atoms with Gasteiger partial charge in [-0.25, -0.2) is 0 Å². The molecule has 2 N–H and O–H groups in total. The van der Waals surface area contributed by atoms with Gasteiger partial charge >= 0.3 is 0 Å². The van der Waals surface area contributed by atoms with E-state index in [4.69, 9.17) is 4.74 Å². The molecule has 1 saturated carbocycles. The van der Waals surface area contributed by atoms with Crippen LogP contribution in [0.5, 0.6) is 0 Å². The highest BCUT2D eigenvalue weighted by atomic mass is 16.5. The van der Waals surface area contributed by atoms with Gasteiger partial charge in [0.15, 0.2) is 5.96 Å². The van der Waals surface area contributed by atoms with E-state index in [9.17, 15) is 4.79 Å². The first kappa shape index (κ1) is 24.6. The summed E-state index contributed by atoms with van der Waals surface area (Å²) in [6.45, 7) is 4.16. The molecule has 1 amide bonds. The quantitative estimate of drug-likeness (QED) is 0.237. The van der Waals surface area contributed by atoms with Gasteiger partial charge in [-0.3, -0.25) is 9.79 Å². The van der Waals surface area contributed by atoms with Gasteiger partial charge in [0.1, 0.15) is 0 Å². The van der Waals surface area contributed by atoms with Crippen LogP contribution in [0, 0.1) is 5.92 Å². The first-order chi connectivity index (χ1) is 15.7. The molecular formula is C26H42N4O2. The minimum absolute atomic E-state index is 0.268. The summed E-state index contributed by atoms with van der Waals surface area (Å²) >= 11 is 0. The van der Waals surface area contributed by atoms with Crippen molar-refractivity contribution in [2.45, 2.75) is 70.3 Å². The average molecular weight is 443 g/mol. The Morgan fingerprint density at radius 3 is 2.62 bits per heavy atom. The fourth-order valence-corrected chi connectivity index (χ4v) is 4.67. The number of hydrogen-bond acceptors (Lipinski definition) is 3. The van der Waals surface area contributed by atoms with Crippen LogP contribution in [0.4, 0.5) is 0 Å². The Labute approximate surface area is 194 Å². The van der Waals surface area contributed by atoms with Gasteiger partial charge in [0, 0.05) is 52.2 Å². The molecule has 0 radical (unpaired) electrons. The molecule has 1 aromatic carbocycles. The molecule has 1 aromatic rings. The van der Waals surface area contributed by atoms with Gasteiger partial charge in [-0.1, -0.05) is 56.0 Å². The molecular weight excluding hydrogens is 400 g/mol. The molecule has 2 fully saturated rings. The number of amides is 1. The zero-order valence-electron chi connectivity index (χ0n) is 19.9. The summed E-state index contributed by atoms with van der Waals surface area (Å²) in [5, 5.41) is 6.80. The molecule has 0 spiro atoms. The topological polar surface area (TPSA) is 66.0 Å². The number of rotatable bonds is 11. The van der Waals surface area contributed by atoms with E-state index in [1.807, 2.05) is 11.0 Å². The van der Waals surface area contributed by atoms with Crippen molar-refractivity contribution in [3.8, 4) is 0 Å². The number of ether oxygens (including phenoxy) is 1. The summed E-state index contributed by atoms with van der Waals surface area (Å²) in [4.78, 5) is 18.7. The van der Waals surface area contributed by atoms with Crippen molar-refractivity contribution in [3.05, 3.63) is 35.9 Å². The Kier molecular flexibility index (Phi) is 10.9. The number of unbranched alkanes of at least 4 members (excludes halogenated alkanes) is 1. The average Bonchev–Trinajstić information content (AvgIpc) is 2.99. The summed E-state index contributed by atoms with van der Waals surface area (Å²) in [5.41, 5.74) is 1.28. The first-order valence-electron chi connectivity index (χ1n) is 12.6. The maximum atomic E-state index is 12.4. The number of aliphatic imine (C=N–C) groups is 1. The predicted octanol–water partition coefficient (Wildman–Crippen LogP) is 3.76. The normalized spacial score (nSPS) is 20.4. The molecule has 178 valence electrons. The largest absolute Gasteiger partial charge is 0.378 e. The Morgan fingerprint density at radius 1 is 1.09 bits per heavy atom. The molecule has 6 heteroatoms. The monoisotopic (exact) mass is 442 g/mol. The van der Waals surface area contributed by atoms with E-state index in [0.717, 1.165) is 58.0 Å². The third-order valence-electron chi connectivity index (χ3n) is 6.61. The van der Waals surface area contributed by atoms with Crippen LogP contribution in [0.2, 0.25) is 0 Å². The van der Waals surface area contributed by atoms with Gasteiger partial charge in [-0.05, 0) is 37.7 Å². The summed E-state index contributed by atoms with van der Waals surface area (Å²) in [7, 11) is 1.80. The maximum Gasteiger partial charge on any atom is 0.223 e. The molecule has 1 saturated heterocycles. The third-order valence-corrected chi connectivity index (χ3v) is 6.61. The van der Waals surface area contributed by atoms with E-state index in [1.54, 1.807) is 7.05 Å². The number of carbonyl (C=O) groups excluding carboxylic acids is 1. The maximum absolute atomic E-state index is 12.4. The second-order valence-corrected chi connectivity index (χ2v) is 9.22. The molecule has 3 rings (SSSR count). The molecule has 32 heavy (non-hydrogen) atoms. The van der Waals surface area contributed by atoms with E-state index in [0.29, 0.717) is 18.4 Å². The van der Waals surface area contributed by atoms with Gasteiger partial charge in [0.25, 0.3) is 0 Å². The van der Waals surface area contributed by atoms with E-state index < -0.39 is 0 Å². The number of nitrogens with zero attached hydrogens (tertiary/aromatic N) is 2. The molecule has 6 nitrogen and oxygen atoms in total. The molecule has 1 atom stereocenters. The van der Waals surface area contributed by atoms with Crippen molar-refractivity contribution in [2.75, 3.05) is 39.8 Å². The Morgan fingerprint density at radius 2 is 1.88 bits per heavy atom. The van der Waals surface area contributed by atoms with Crippen LogP contribution < -0.4 is 10.6 Å². The van der Waals surface area contributed by atoms with Gasteiger partial charge in [0.2, 0.25) is 5.91 Å². The summed E-state index contributed by atoms with van der Waals surface area (Å²) < 4.78 is 6.07. The SMILES string of the molecule is CN=C(NCCCCOC1CCCCCC1)NCC1CC(=O)N(CCc2ccccc2)C1. The van der Waals surface area contributed by atoms with Gasteiger partial charge in [0.05, 0.1) is 6.10 Å². The Hall–Kier alpha value is -2.08. The van der Waals surface area contributed by atoms with Crippen molar-refractivity contribution in [3.63, 3.8) is 0 Å². The number of hydrogen-bond donors (Lipinski definition) is 2. The molecule has 1 aliphatic heterocycles. The van der Waals surface area contributed by atoms with Crippen LogP contribution in [-0.2, 0) is 16.0 Å². The zero-order valence-corrected chi connectivity index (χ0v) is 19.9. The number of guanidine groups is 1. The molecule has 1 heterocycles. The lowest BCUT2D eigenvalue weighted by Crippen LogP contribution is -2.40. The van der Waals surface area contributed by atoms with Crippen molar-refractivity contribution in [1.82, 2.24) is 15.5 Å². The van der Waals surface area contributed by atoms with E-state index in [-0.39, 0.29) is 5.91 Å². The highest BCUT2D eigenvalue weighted by molar-refractivity contribution is 5.80. The van der Waals surface area contributed by atoms with Gasteiger partial charge < -0.3 is 20.3 Å². The summed E-state index contributed by atoms with van der Waals surface area (Å²) in [5.74, 6) is 1.43. The molecule has 0 aromatic heterocycles. The molecule has 0 bridgehead atoms. The third kappa shape index (κ3) is 8.81. The fraction of sp³-hybridized carbons (Fsp3) is 0.692. The van der Waals surface area contributed by atoms with E-state index in [1.165, 1.54) is 44.1 Å². The minimum atomic E-state index is 0.268. The van der Waals surface area contributed by atoms with Crippen LogP contribution in [-0.4, -0.2) is 62.7 Å². The molecule has 2 aliphatic rings. The highest BCUT2D eigenvalue weighted by Gasteiger charge is 2.29. The number of nitrogens with one attached hydrogen (secondary N) is 2. The van der Waals surface area contributed by atoms with Gasteiger partial charge in [-0.2, -0.15) is 0 Å². The first-order valence-corrected chi connectivity index (χ1v) is 12.6. The van der Waals surface area contributed by atoms with Crippen LogP contribution in [0.25, 0.3) is 0 Å². The van der Waals surface area contributed by atoms with Crippen molar-refractivity contribution in [1.29, 1.82) is 0 Å². The second-order valence-electron chi connectivity index (χ2n) is 9.22. The van der Waals surface area contributed by atoms with Crippen LogP contribution in [0.3, 0.4) is 0 Å².